The predicted molar refractivity (Wildman–Crippen MR) is 90.9 cm³/mol. The summed E-state index contributed by atoms with van der Waals surface area (Å²) in [4.78, 5) is 12.2. The van der Waals surface area contributed by atoms with Gasteiger partial charge in [0.2, 0.25) is 5.89 Å². The monoisotopic (exact) mass is 341 g/mol. The SMILES string of the molecule is C[C@@H](NC(=O)c1nnc(Cc2ccc(Cl)cc2)o1)c1ccccc1. The molecule has 5 nitrogen and oxygen atoms in total. The summed E-state index contributed by atoms with van der Waals surface area (Å²) in [5.74, 6) is -0.0437. The largest absolute Gasteiger partial charge is 0.417 e. The molecule has 0 saturated carbocycles. The van der Waals surface area contributed by atoms with Crippen LogP contribution in [-0.4, -0.2) is 16.1 Å². The third-order valence-corrected chi connectivity index (χ3v) is 3.83. The lowest BCUT2D eigenvalue weighted by molar-refractivity contribution is 0.0903. The Morgan fingerprint density at radius 3 is 2.54 bits per heavy atom. The maximum absolute atomic E-state index is 12.2. The highest BCUT2D eigenvalue weighted by Gasteiger charge is 2.17. The minimum atomic E-state index is -0.388. The predicted octanol–water partition coefficient (Wildman–Crippen LogP) is 3.80. The Balaban J connectivity index is 1.64. The molecule has 1 N–H and O–H groups in total. The van der Waals surface area contributed by atoms with Crippen molar-refractivity contribution in [2.75, 3.05) is 0 Å². The van der Waals surface area contributed by atoms with Gasteiger partial charge in [-0.3, -0.25) is 4.79 Å². The van der Waals surface area contributed by atoms with E-state index in [1.54, 1.807) is 12.1 Å². The second-order valence-corrected chi connectivity index (χ2v) is 5.85. The fraction of sp³-hybridized carbons (Fsp3) is 0.167. The molecule has 0 bridgehead atoms. The lowest BCUT2D eigenvalue weighted by Gasteiger charge is -2.12. The third-order valence-electron chi connectivity index (χ3n) is 3.58. The molecule has 1 aromatic heterocycles. The van der Waals surface area contributed by atoms with Crippen LogP contribution in [0, 0.1) is 0 Å². The second kappa shape index (κ2) is 7.27. The van der Waals surface area contributed by atoms with Crippen LogP contribution in [0.4, 0.5) is 0 Å². The van der Waals surface area contributed by atoms with Crippen molar-refractivity contribution in [1.82, 2.24) is 15.5 Å². The molecule has 1 amide bonds. The first kappa shape index (κ1) is 16.2. The molecule has 0 spiro atoms. The Hall–Kier alpha value is -2.66. The van der Waals surface area contributed by atoms with Crippen LogP contribution in [0.5, 0.6) is 0 Å². The molecule has 0 aliphatic rings. The zero-order valence-electron chi connectivity index (χ0n) is 13.1. The quantitative estimate of drug-likeness (QED) is 0.766. The van der Waals surface area contributed by atoms with E-state index >= 15 is 0 Å². The smallest absolute Gasteiger partial charge is 0.309 e. The number of benzene rings is 2. The fourth-order valence-electron chi connectivity index (χ4n) is 2.28. The molecule has 24 heavy (non-hydrogen) atoms. The number of hydrogen-bond donors (Lipinski definition) is 1. The molecule has 3 aromatic rings. The van der Waals surface area contributed by atoms with Gasteiger partial charge in [0, 0.05) is 5.02 Å². The second-order valence-electron chi connectivity index (χ2n) is 5.41. The Bertz CT molecular complexity index is 816. The van der Waals surface area contributed by atoms with Crippen molar-refractivity contribution in [2.45, 2.75) is 19.4 Å². The summed E-state index contributed by atoms with van der Waals surface area (Å²) in [5.41, 5.74) is 1.99. The normalized spacial score (nSPS) is 11.9. The van der Waals surface area contributed by atoms with Crippen molar-refractivity contribution in [3.63, 3.8) is 0 Å². The van der Waals surface area contributed by atoms with Crippen LogP contribution in [0.25, 0.3) is 0 Å². The van der Waals surface area contributed by atoms with Gasteiger partial charge in [0.15, 0.2) is 0 Å². The van der Waals surface area contributed by atoms with E-state index in [1.165, 1.54) is 0 Å². The highest BCUT2D eigenvalue weighted by molar-refractivity contribution is 6.30. The van der Waals surface area contributed by atoms with Crippen LogP contribution in [0.15, 0.2) is 59.0 Å². The van der Waals surface area contributed by atoms with Crippen molar-refractivity contribution in [2.24, 2.45) is 0 Å². The van der Waals surface area contributed by atoms with Gasteiger partial charge in [-0.15, -0.1) is 10.2 Å². The fourth-order valence-corrected chi connectivity index (χ4v) is 2.40. The number of rotatable bonds is 5. The molecule has 0 saturated heterocycles. The maximum atomic E-state index is 12.2. The van der Waals surface area contributed by atoms with Gasteiger partial charge < -0.3 is 9.73 Å². The van der Waals surface area contributed by atoms with Crippen molar-refractivity contribution in [3.05, 3.63) is 82.5 Å². The number of hydrogen-bond acceptors (Lipinski definition) is 4. The molecule has 1 heterocycles. The summed E-state index contributed by atoms with van der Waals surface area (Å²) >= 11 is 5.85. The van der Waals surface area contributed by atoms with E-state index in [-0.39, 0.29) is 17.8 Å². The van der Waals surface area contributed by atoms with E-state index in [0.29, 0.717) is 17.3 Å². The van der Waals surface area contributed by atoms with Crippen LogP contribution in [0.2, 0.25) is 5.02 Å². The molecule has 3 rings (SSSR count). The van der Waals surface area contributed by atoms with E-state index in [2.05, 4.69) is 15.5 Å². The lowest BCUT2D eigenvalue weighted by Crippen LogP contribution is -2.26. The van der Waals surface area contributed by atoms with Gasteiger partial charge in [-0.25, -0.2) is 0 Å². The number of aromatic nitrogens is 2. The van der Waals surface area contributed by atoms with Crippen LogP contribution in [-0.2, 0) is 6.42 Å². The average molecular weight is 342 g/mol. The molecule has 0 aliphatic heterocycles. The first-order valence-corrected chi connectivity index (χ1v) is 7.92. The average Bonchev–Trinajstić information content (AvgIpc) is 3.06. The maximum Gasteiger partial charge on any atom is 0.309 e. The molecule has 2 aromatic carbocycles. The topological polar surface area (TPSA) is 68.0 Å². The number of carbonyl (C=O) groups is 1. The zero-order valence-corrected chi connectivity index (χ0v) is 13.8. The Kier molecular flexibility index (Phi) is 4.91. The van der Waals surface area contributed by atoms with Crippen molar-refractivity contribution >= 4 is 17.5 Å². The minimum absolute atomic E-state index is 0.0401. The lowest BCUT2D eigenvalue weighted by atomic mass is 10.1. The summed E-state index contributed by atoms with van der Waals surface area (Å²) < 4.78 is 5.45. The molecular formula is C18H16ClN3O2. The molecule has 1 atom stereocenters. The molecule has 0 aliphatic carbocycles. The first-order valence-electron chi connectivity index (χ1n) is 7.54. The van der Waals surface area contributed by atoms with E-state index < -0.39 is 0 Å². The molecule has 0 radical (unpaired) electrons. The van der Waals surface area contributed by atoms with Gasteiger partial charge in [-0.2, -0.15) is 0 Å². The molecule has 122 valence electrons. The summed E-state index contributed by atoms with van der Waals surface area (Å²) in [6.07, 6.45) is 0.450. The Morgan fingerprint density at radius 2 is 1.83 bits per heavy atom. The summed E-state index contributed by atoms with van der Waals surface area (Å²) in [6, 6.07) is 16.9. The van der Waals surface area contributed by atoms with E-state index in [4.69, 9.17) is 16.0 Å². The van der Waals surface area contributed by atoms with Gasteiger partial charge in [-0.05, 0) is 30.2 Å². The van der Waals surface area contributed by atoms with Crippen LogP contribution < -0.4 is 5.32 Å². The summed E-state index contributed by atoms with van der Waals surface area (Å²) in [5, 5.41) is 11.3. The number of amides is 1. The Labute approximate surface area is 144 Å². The number of carbonyl (C=O) groups excluding carboxylic acids is 1. The van der Waals surface area contributed by atoms with E-state index in [9.17, 15) is 4.79 Å². The first-order chi connectivity index (χ1) is 11.6. The summed E-state index contributed by atoms with van der Waals surface area (Å²) in [6.45, 7) is 1.90. The minimum Gasteiger partial charge on any atom is -0.417 e. The van der Waals surface area contributed by atoms with Gasteiger partial charge in [0.05, 0.1) is 12.5 Å². The van der Waals surface area contributed by atoms with Gasteiger partial charge >= 0.3 is 11.8 Å². The number of nitrogens with zero attached hydrogens (tertiary/aromatic N) is 2. The number of halogens is 1. The van der Waals surface area contributed by atoms with Gasteiger partial charge in [-0.1, -0.05) is 54.1 Å². The molecule has 0 unspecified atom stereocenters. The third kappa shape index (κ3) is 4.00. The standard InChI is InChI=1S/C18H16ClN3O2/c1-12(14-5-3-2-4-6-14)20-17(23)18-22-21-16(24-18)11-13-7-9-15(19)10-8-13/h2-10,12H,11H2,1H3,(H,20,23)/t12-/m1/s1. The number of nitrogens with one attached hydrogen (secondary N) is 1. The van der Waals surface area contributed by atoms with E-state index in [1.807, 2.05) is 49.4 Å². The zero-order chi connectivity index (χ0) is 16.9. The molecule has 6 heteroatoms. The highest BCUT2D eigenvalue weighted by Crippen LogP contribution is 2.14. The van der Waals surface area contributed by atoms with Crippen molar-refractivity contribution < 1.29 is 9.21 Å². The molecular weight excluding hydrogens is 326 g/mol. The van der Waals surface area contributed by atoms with Crippen LogP contribution >= 0.6 is 11.6 Å². The van der Waals surface area contributed by atoms with Gasteiger partial charge in [0.25, 0.3) is 0 Å². The Morgan fingerprint density at radius 1 is 1.12 bits per heavy atom. The van der Waals surface area contributed by atoms with Crippen molar-refractivity contribution in [3.8, 4) is 0 Å². The van der Waals surface area contributed by atoms with Crippen LogP contribution in [0.3, 0.4) is 0 Å². The van der Waals surface area contributed by atoms with Gasteiger partial charge in [0.1, 0.15) is 0 Å². The van der Waals surface area contributed by atoms with Crippen LogP contribution in [0.1, 0.15) is 40.7 Å². The summed E-state index contributed by atoms with van der Waals surface area (Å²) in [7, 11) is 0. The van der Waals surface area contributed by atoms with E-state index in [0.717, 1.165) is 11.1 Å². The highest BCUT2D eigenvalue weighted by atomic mass is 35.5. The molecule has 0 fully saturated rings. The van der Waals surface area contributed by atoms with Crippen molar-refractivity contribution in [1.29, 1.82) is 0 Å².